The van der Waals surface area contributed by atoms with Crippen LogP contribution in [0.3, 0.4) is 0 Å². The smallest absolute Gasteiger partial charge is 0.338 e. The fourth-order valence-electron chi connectivity index (χ4n) is 3.45. The molecule has 14 heteroatoms. The molecule has 0 aromatic heterocycles. The van der Waals surface area contributed by atoms with Crippen molar-refractivity contribution in [3.05, 3.63) is 73.4 Å². The lowest BCUT2D eigenvalue weighted by molar-refractivity contribution is -0.385. The number of allylic oxidation sites excluding steroid dienone is 1. The number of hydrazone groups is 1. The molecule has 4 N–H and O–H groups in total. The number of benzene rings is 2. The third kappa shape index (κ3) is 6.80. The molecular formula is C23H22BrN5O7S. The van der Waals surface area contributed by atoms with Crippen LogP contribution in [0, 0.1) is 10.1 Å². The number of aromatic hydroxyl groups is 1. The molecule has 1 aliphatic heterocycles. The van der Waals surface area contributed by atoms with Gasteiger partial charge in [-0.3, -0.25) is 14.9 Å². The molecule has 0 unspecified atom stereocenters. The van der Waals surface area contributed by atoms with E-state index in [1.165, 1.54) is 6.07 Å². The van der Waals surface area contributed by atoms with Crippen LogP contribution in [-0.4, -0.2) is 46.4 Å². The van der Waals surface area contributed by atoms with Gasteiger partial charge in [0.2, 0.25) is 5.75 Å². The Morgan fingerprint density at radius 2 is 2.08 bits per heavy atom. The van der Waals surface area contributed by atoms with E-state index < -0.39 is 40.9 Å². The van der Waals surface area contributed by atoms with E-state index >= 15 is 0 Å². The molecule has 0 spiro atoms. The number of phenolic OH excluding ortho intramolecular Hbond substituents is 1. The van der Waals surface area contributed by atoms with Gasteiger partial charge in [-0.05, 0) is 38.2 Å². The van der Waals surface area contributed by atoms with E-state index in [4.69, 9.17) is 21.7 Å². The van der Waals surface area contributed by atoms with Crippen LogP contribution < -0.4 is 20.8 Å². The molecule has 2 aromatic rings. The fraction of sp³-hybridized carbons (Fsp3) is 0.217. The molecule has 1 atom stereocenters. The highest BCUT2D eigenvalue weighted by molar-refractivity contribution is 9.10. The highest BCUT2D eigenvalue weighted by atomic mass is 79.9. The van der Waals surface area contributed by atoms with Gasteiger partial charge in [0.15, 0.2) is 11.7 Å². The summed E-state index contributed by atoms with van der Waals surface area (Å²) in [6.07, 6.45) is 1.07. The first-order chi connectivity index (χ1) is 17.6. The van der Waals surface area contributed by atoms with E-state index in [2.05, 4.69) is 37.1 Å². The van der Waals surface area contributed by atoms with Crippen LogP contribution in [0.4, 0.5) is 5.69 Å². The highest BCUT2D eigenvalue weighted by Gasteiger charge is 2.32. The number of carbonyl (C=O) groups is 2. The van der Waals surface area contributed by atoms with Gasteiger partial charge in [0.1, 0.15) is 5.75 Å². The Hall–Kier alpha value is -4.04. The standard InChI is InChI=1S/C23H22BrN5O7S/c1-3-35-22(32)19-12(2)26-23(37)27-20(19)15-6-4-5-7-17(15)36-11-18(30)28-25-10-13-8-14(24)9-16(21(13)31)29(33)34/h4-10,20,31H,3,11H2,1-2H3,(H,28,30)(H2,26,27,37)/t20-/m1/s1. The number of hydrogen-bond donors (Lipinski definition) is 4. The molecule has 12 nitrogen and oxygen atoms in total. The number of rotatable bonds is 9. The molecule has 194 valence electrons. The summed E-state index contributed by atoms with van der Waals surface area (Å²) in [6.45, 7) is 3.16. The van der Waals surface area contributed by atoms with Crippen LogP contribution in [0.2, 0.25) is 0 Å². The maximum atomic E-state index is 12.6. The molecule has 0 aliphatic carbocycles. The monoisotopic (exact) mass is 591 g/mol. The molecule has 1 aliphatic rings. The lowest BCUT2D eigenvalue weighted by atomic mass is 9.95. The fourth-order valence-corrected chi connectivity index (χ4v) is 4.18. The molecule has 0 fully saturated rings. The number of nitro groups is 1. The average Bonchev–Trinajstić information content (AvgIpc) is 2.84. The lowest BCUT2D eigenvalue weighted by Crippen LogP contribution is -2.45. The Kier molecular flexibility index (Phi) is 9.14. The van der Waals surface area contributed by atoms with Gasteiger partial charge in [-0.2, -0.15) is 5.10 Å². The van der Waals surface area contributed by atoms with Crippen LogP contribution in [0.25, 0.3) is 0 Å². The van der Waals surface area contributed by atoms with Crippen molar-refractivity contribution in [2.24, 2.45) is 5.10 Å². The average molecular weight is 592 g/mol. The zero-order valence-corrected chi connectivity index (χ0v) is 22.0. The number of nitrogens with one attached hydrogen (secondary N) is 3. The molecule has 2 aromatic carbocycles. The van der Waals surface area contributed by atoms with Gasteiger partial charge in [-0.15, -0.1) is 0 Å². The number of thiocarbonyl (C=S) groups is 1. The SMILES string of the molecule is CCOC(=O)C1=C(C)NC(=S)N[C@@H]1c1ccccc1OCC(=O)NN=Cc1cc(Br)cc([N+](=O)[O-])c1O. The molecule has 1 amide bonds. The number of esters is 1. The molecular weight excluding hydrogens is 570 g/mol. The van der Waals surface area contributed by atoms with Crippen LogP contribution in [-0.2, 0) is 14.3 Å². The number of hydrogen-bond acceptors (Lipinski definition) is 9. The van der Waals surface area contributed by atoms with Crippen molar-refractivity contribution in [1.29, 1.82) is 0 Å². The first-order valence-corrected chi connectivity index (χ1v) is 12.0. The molecule has 3 rings (SSSR count). The Balaban J connectivity index is 1.73. The number of halogens is 1. The Morgan fingerprint density at radius 1 is 1.35 bits per heavy atom. The van der Waals surface area contributed by atoms with Gasteiger partial charge in [-0.25, -0.2) is 10.2 Å². The first-order valence-electron chi connectivity index (χ1n) is 10.8. The predicted octanol–water partition coefficient (Wildman–Crippen LogP) is 2.95. The second kappa shape index (κ2) is 12.3. The second-order valence-electron chi connectivity index (χ2n) is 7.53. The van der Waals surface area contributed by atoms with Crippen LogP contribution in [0.5, 0.6) is 11.5 Å². The van der Waals surface area contributed by atoms with Crippen molar-refractivity contribution < 1.29 is 29.1 Å². The molecule has 0 saturated carbocycles. The maximum absolute atomic E-state index is 12.6. The molecule has 0 saturated heterocycles. The summed E-state index contributed by atoms with van der Waals surface area (Å²) in [4.78, 5) is 35.3. The zero-order chi connectivity index (χ0) is 27.1. The summed E-state index contributed by atoms with van der Waals surface area (Å²) < 4.78 is 11.2. The number of para-hydroxylation sites is 1. The number of nitrogens with zero attached hydrogens (tertiary/aromatic N) is 2. The summed E-state index contributed by atoms with van der Waals surface area (Å²) in [6, 6.07) is 8.68. The number of nitro benzene ring substituents is 1. The van der Waals surface area contributed by atoms with Gasteiger partial charge in [0.05, 0.1) is 29.4 Å². The van der Waals surface area contributed by atoms with Crippen LogP contribution >= 0.6 is 28.1 Å². The Labute approximate surface area is 225 Å². The number of ether oxygens (including phenoxy) is 2. The normalized spacial score (nSPS) is 15.1. The lowest BCUT2D eigenvalue weighted by Gasteiger charge is -2.30. The van der Waals surface area contributed by atoms with Crippen molar-refractivity contribution in [3.8, 4) is 11.5 Å². The minimum absolute atomic E-state index is 0.0224. The summed E-state index contributed by atoms with van der Waals surface area (Å²) in [5, 5.41) is 31.1. The summed E-state index contributed by atoms with van der Waals surface area (Å²) in [5.74, 6) is -1.44. The second-order valence-corrected chi connectivity index (χ2v) is 8.85. The van der Waals surface area contributed by atoms with E-state index in [0.717, 1.165) is 12.3 Å². The summed E-state index contributed by atoms with van der Waals surface area (Å²) in [5.41, 5.74) is 3.15. The number of amides is 1. The first kappa shape index (κ1) is 27.5. The molecule has 1 heterocycles. The van der Waals surface area contributed by atoms with Crippen molar-refractivity contribution in [2.75, 3.05) is 13.2 Å². The van der Waals surface area contributed by atoms with Gasteiger partial charge >= 0.3 is 11.7 Å². The topological polar surface area (TPSA) is 164 Å². The third-order valence-corrected chi connectivity index (χ3v) is 5.70. The van der Waals surface area contributed by atoms with Gasteiger partial charge < -0.3 is 25.2 Å². The van der Waals surface area contributed by atoms with E-state index in [-0.39, 0.29) is 12.2 Å². The van der Waals surface area contributed by atoms with Crippen LogP contribution in [0.15, 0.2) is 57.2 Å². The van der Waals surface area contributed by atoms with Gasteiger partial charge in [0, 0.05) is 27.4 Å². The van der Waals surface area contributed by atoms with E-state index in [1.807, 2.05) is 0 Å². The zero-order valence-electron chi connectivity index (χ0n) is 19.6. The van der Waals surface area contributed by atoms with Crippen molar-refractivity contribution in [1.82, 2.24) is 16.1 Å². The van der Waals surface area contributed by atoms with Gasteiger partial charge in [0.25, 0.3) is 5.91 Å². The molecule has 37 heavy (non-hydrogen) atoms. The maximum Gasteiger partial charge on any atom is 0.338 e. The highest BCUT2D eigenvalue weighted by Crippen LogP contribution is 2.34. The number of phenols is 1. The van der Waals surface area contributed by atoms with E-state index in [9.17, 15) is 24.8 Å². The van der Waals surface area contributed by atoms with Crippen LogP contribution in [0.1, 0.15) is 31.0 Å². The summed E-state index contributed by atoms with van der Waals surface area (Å²) in [7, 11) is 0. The van der Waals surface area contributed by atoms with Crippen molar-refractivity contribution in [2.45, 2.75) is 19.9 Å². The third-order valence-electron chi connectivity index (χ3n) is 5.03. The van der Waals surface area contributed by atoms with E-state index in [1.54, 1.807) is 38.1 Å². The van der Waals surface area contributed by atoms with Crippen molar-refractivity contribution in [3.63, 3.8) is 0 Å². The Bertz CT molecular complexity index is 1310. The minimum atomic E-state index is -0.741. The van der Waals surface area contributed by atoms with E-state index in [0.29, 0.717) is 32.2 Å². The molecule has 0 radical (unpaired) electrons. The minimum Gasteiger partial charge on any atom is -0.502 e. The summed E-state index contributed by atoms with van der Waals surface area (Å²) >= 11 is 8.38. The predicted molar refractivity (Wildman–Crippen MR) is 141 cm³/mol. The Morgan fingerprint density at radius 3 is 2.78 bits per heavy atom. The van der Waals surface area contributed by atoms with Gasteiger partial charge in [-0.1, -0.05) is 34.1 Å². The molecule has 0 bridgehead atoms. The largest absolute Gasteiger partial charge is 0.502 e. The van der Waals surface area contributed by atoms with Crippen molar-refractivity contribution >= 4 is 57.0 Å². The quantitative estimate of drug-likeness (QED) is 0.112. The number of carbonyl (C=O) groups excluding carboxylic acids is 2.